The van der Waals surface area contributed by atoms with Crippen molar-refractivity contribution < 1.29 is 24.2 Å². The summed E-state index contributed by atoms with van der Waals surface area (Å²) in [5, 5.41) is 11.2. The van der Waals surface area contributed by atoms with Crippen LogP contribution in [0, 0.1) is 12.8 Å². The SMILES string of the molecule is CCCN1C(=O)C(=O)/C(=C(\O)c2ccc(OC)cc2C)C1c1ccc(OCC(C)C)cc1. The minimum atomic E-state index is -0.670. The highest BCUT2D eigenvalue weighted by molar-refractivity contribution is 6.46. The number of carbonyl (C=O) groups is 2. The summed E-state index contributed by atoms with van der Waals surface area (Å²) in [5.74, 6) is 0.340. The number of benzene rings is 2. The Labute approximate surface area is 189 Å². The zero-order valence-corrected chi connectivity index (χ0v) is 19.3. The number of nitrogens with zero attached hydrogens (tertiary/aromatic N) is 1. The van der Waals surface area contributed by atoms with Gasteiger partial charge in [0.05, 0.1) is 25.3 Å². The van der Waals surface area contributed by atoms with Gasteiger partial charge in [-0.1, -0.05) is 32.9 Å². The van der Waals surface area contributed by atoms with Crippen LogP contribution in [0.4, 0.5) is 0 Å². The fourth-order valence-electron chi connectivity index (χ4n) is 3.88. The maximum Gasteiger partial charge on any atom is 0.295 e. The Hall–Kier alpha value is -3.28. The molecule has 1 fully saturated rings. The number of methoxy groups -OCH3 is 1. The fourth-order valence-corrected chi connectivity index (χ4v) is 3.88. The number of Topliss-reactive ketones (excluding diaryl/α,β-unsaturated/α-hetero) is 1. The van der Waals surface area contributed by atoms with E-state index in [2.05, 4.69) is 13.8 Å². The summed E-state index contributed by atoms with van der Waals surface area (Å²) < 4.78 is 11.0. The summed E-state index contributed by atoms with van der Waals surface area (Å²) in [5.41, 5.74) is 2.11. The summed E-state index contributed by atoms with van der Waals surface area (Å²) in [6.07, 6.45) is 0.695. The highest BCUT2D eigenvalue weighted by Crippen LogP contribution is 2.40. The number of hydrogen-bond donors (Lipinski definition) is 1. The maximum absolute atomic E-state index is 13.0. The third kappa shape index (κ3) is 4.64. The van der Waals surface area contributed by atoms with Gasteiger partial charge >= 0.3 is 0 Å². The van der Waals surface area contributed by atoms with Crippen LogP contribution in [0.3, 0.4) is 0 Å². The van der Waals surface area contributed by atoms with E-state index in [1.54, 1.807) is 25.3 Å². The van der Waals surface area contributed by atoms with Crippen LogP contribution in [0.15, 0.2) is 48.0 Å². The Morgan fingerprint density at radius 1 is 1.09 bits per heavy atom. The van der Waals surface area contributed by atoms with Crippen LogP contribution >= 0.6 is 0 Å². The van der Waals surface area contributed by atoms with E-state index >= 15 is 0 Å². The minimum absolute atomic E-state index is 0.104. The fraction of sp³-hybridized carbons (Fsp3) is 0.385. The topological polar surface area (TPSA) is 76.1 Å². The molecule has 32 heavy (non-hydrogen) atoms. The molecule has 1 aliphatic rings. The molecule has 1 saturated heterocycles. The number of aryl methyl sites for hydroxylation is 1. The van der Waals surface area contributed by atoms with Gasteiger partial charge in [-0.15, -0.1) is 0 Å². The maximum atomic E-state index is 13.0. The van der Waals surface area contributed by atoms with Crippen LogP contribution in [0.25, 0.3) is 5.76 Å². The van der Waals surface area contributed by atoms with Gasteiger partial charge in [-0.05, 0) is 60.7 Å². The van der Waals surface area contributed by atoms with Crippen molar-refractivity contribution in [2.24, 2.45) is 5.92 Å². The lowest BCUT2D eigenvalue weighted by atomic mass is 9.93. The molecule has 0 aromatic heterocycles. The Morgan fingerprint density at radius 3 is 2.31 bits per heavy atom. The molecular weight excluding hydrogens is 406 g/mol. The van der Waals surface area contributed by atoms with Crippen molar-refractivity contribution in [3.8, 4) is 11.5 Å². The number of aliphatic hydroxyl groups excluding tert-OH is 1. The van der Waals surface area contributed by atoms with Gasteiger partial charge in [-0.25, -0.2) is 0 Å². The van der Waals surface area contributed by atoms with Gasteiger partial charge in [0.15, 0.2) is 0 Å². The second kappa shape index (κ2) is 9.90. The molecule has 1 N–H and O–H groups in total. The van der Waals surface area contributed by atoms with E-state index in [4.69, 9.17) is 9.47 Å². The minimum Gasteiger partial charge on any atom is -0.507 e. The summed E-state index contributed by atoms with van der Waals surface area (Å²) in [6, 6.07) is 11.9. The van der Waals surface area contributed by atoms with Crippen molar-refractivity contribution in [1.29, 1.82) is 0 Å². The summed E-state index contributed by atoms with van der Waals surface area (Å²) in [7, 11) is 1.57. The number of rotatable bonds is 8. The van der Waals surface area contributed by atoms with Crippen molar-refractivity contribution in [1.82, 2.24) is 4.90 Å². The van der Waals surface area contributed by atoms with Gasteiger partial charge in [-0.2, -0.15) is 0 Å². The Bertz CT molecular complexity index is 1020. The molecular formula is C26H31NO5. The van der Waals surface area contributed by atoms with Crippen molar-refractivity contribution in [2.75, 3.05) is 20.3 Å². The first-order valence-electron chi connectivity index (χ1n) is 10.9. The third-order valence-corrected chi connectivity index (χ3v) is 5.47. The van der Waals surface area contributed by atoms with Crippen LogP contribution in [0.1, 0.15) is 49.9 Å². The molecule has 0 saturated carbocycles. The number of carbonyl (C=O) groups excluding carboxylic acids is 2. The molecule has 3 rings (SSSR count). The van der Waals surface area contributed by atoms with E-state index < -0.39 is 17.7 Å². The smallest absolute Gasteiger partial charge is 0.295 e. The second-order valence-electron chi connectivity index (χ2n) is 8.45. The Balaban J connectivity index is 2.08. The lowest BCUT2D eigenvalue weighted by Gasteiger charge is -2.25. The predicted octanol–water partition coefficient (Wildman–Crippen LogP) is 4.87. The molecule has 6 heteroatoms. The number of hydrogen-bond acceptors (Lipinski definition) is 5. The van der Waals surface area contributed by atoms with Crippen LogP contribution in [-0.4, -0.2) is 42.0 Å². The second-order valence-corrected chi connectivity index (χ2v) is 8.45. The van der Waals surface area contributed by atoms with Crippen LogP contribution in [0.2, 0.25) is 0 Å². The Kier molecular flexibility index (Phi) is 7.23. The number of ether oxygens (including phenoxy) is 2. The number of likely N-dealkylation sites (tertiary alicyclic amines) is 1. The van der Waals surface area contributed by atoms with Crippen LogP contribution < -0.4 is 9.47 Å². The normalized spacial score (nSPS) is 17.8. The van der Waals surface area contributed by atoms with Crippen LogP contribution in [0.5, 0.6) is 11.5 Å². The molecule has 0 aliphatic carbocycles. The lowest BCUT2D eigenvalue weighted by Crippen LogP contribution is -2.30. The van der Waals surface area contributed by atoms with Gasteiger partial charge in [0, 0.05) is 12.1 Å². The highest BCUT2D eigenvalue weighted by atomic mass is 16.5. The van der Waals surface area contributed by atoms with E-state index in [0.717, 1.165) is 16.9 Å². The van der Waals surface area contributed by atoms with Gasteiger partial charge < -0.3 is 19.5 Å². The molecule has 1 unspecified atom stereocenters. The van der Waals surface area contributed by atoms with E-state index in [1.807, 2.05) is 38.1 Å². The molecule has 0 spiro atoms. The van der Waals surface area contributed by atoms with E-state index in [1.165, 1.54) is 4.90 Å². The zero-order valence-electron chi connectivity index (χ0n) is 19.3. The molecule has 6 nitrogen and oxygen atoms in total. The molecule has 2 aromatic rings. The van der Waals surface area contributed by atoms with Crippen molar-refractivity contribution in [3.05, 3.63) is 64.7 Å². The van der Waals surface area contributed by atoms with Crippen LogP contribution in [-0.2, 0) is 9.59 Å². The molecule has 1 heterocycles. The largest absolute Gasteiger partial charge is 0.507 e. The molecule has 1 atom stereocenters. The van der Waals surface area contributed by atoms with E-state index in [0.29, 0.717) is 36.8 Å². The van der Waals surface area contributed by atoms with E-state index in [-0.39, 0.29) is 11.3 Å². The molecule has 0 bridgehead atoms. The van der Waals surface area contributed by atoms with Gasteiger partial charge in [0.2, 0.25) is 0 Å². The molecule has 170 valence electrons. The van der Waals surface area contributed by atoms with Gasteiger partial charge in [0.1, 0.15) is 17.3 Å². The standard InChI is InChI=1S/C26H31NO5/c1-6-13-27-23(18-7-9-19(10-8-18)32-15-16(2)3)22(25(29)26(27)30)24(28)21-12-11-20(31-5)14-17(21)4/h7-12,14,16,23,28H,6,13,15H2,1-5H3/b24-22-. The number of amides is 1. The number of ketones is 1. The summed E-state index contributed by atoms with van der Waals surface area (Å²) in [6.45, 7) is 8.95. The first-order valence-corrected chi connectivity index (χ1v) is 10.9. The average Bonchev–Trinajstić information content (AvgIpc) is 3.02. The lowest BCUT2D eigenvalue weighted by molar-refractivity contribution is -0.139. The monoisotopic (exact) mass is 437 g/mol. The molecule has 2 aromatic carbocycles. The first-order chi connectivity index (χ1) is 15.3. The summed E-state index contributed by atoms with van der Waals surface area (Å²) >= 11 is 0. The average molecular weight is 438 g/mol. The van der Waals surface area contributed by atoms with Gasteiger partial charge in [-0.3, -0.25) is 9.59 Å². The zero-order chi connectivity index (χ0) is 23.4. The third-order valence-electron chi connectivity index (χ3n) is 5.47. The highest BCUT2D eigenvalue weighted by Gasteiger charge is 2.45. The quantitative estimate of drug-likeness (QED) is 0.362. The van der Waals surface area contributed by atoms with Gasteiger partial charge in [0.25, 0.3) is 11.7 Å². The predicted molar refractivity (Wildman–Crippen MR) is 124 cm³/mol. The van der Waals surface area contributed by atoms with Crippen molar-refractivity contribution >= 4 is 17.4 Å². The van der Waals surface area contributed by atoms with Crippen molar-refractivity contribution in [2.45, 2.75) is 40.2 Å². The van der Waals surface area contributed by atoms with Crippen molar-refractivity contribution in [3.63, 3.8) is 0 Å². The molecule has 1 aliphatic heterocycles. The first kappa shape index (κ1) is 23.4. The molecule has 0 radical (unpaired) electrons. The molecule has 1 amide bonds. The Morgan fingerprint density at radius 2 is 1.75 bits per heavy atom. The van der Waals surface area contributed by atoms with E-state index in [9.17, 15) is 14.7 Å². The summed E-state index contributed by atoms with van der Waals surface area (Å²) in [4.78, 5) is 27.4. The number of aliphatic hydroxyl groups is 1.